The maximum Gasteiger partial charge on any atom is 0.242 e. The van der Waals surface area contributed by atoms with Crippen molar-refractivity contribution in [2.75, 3.05) is 27.7 Å². The molecule has 4 rings (SSSR count). The van der Waals surface area contributed by atoms with E-state index in [2.05, 4.69) is 4.57 Å². The van der Waals surface area contributed by atoms with Gasteiger partial charge in [-0.2, -0.15) is 0 Å². The molecule has 0 spiro atoms. The largest absolute Gasteiger partial charge is 0.497 e. The molecule has 9 heteroatoms. The Labute approximate surface area is 201 Å². The standard InChI is InChI=1S/C25H32N4O4S/c1-5-28-23-13-12-20(34(31,32)27(2)3)17-21(23)26-24(28)14-15-25(30)29-16-6-7-22(29)18-8-10-19(33-4)11-9-18/h8-13,17,22H,5-7,14-16H2,1-4H3/t22-/m1/s1. The molecule has 8 nitrogen and oxygen atoms in total. The van der Waals surface area contributed by atoms with E-state index in [0.29, 0.717) is 24.9 Å². The number of benzene rings is 2. The fraction of sp³-hybridized carbons (Fsp3) is 0.440. The van der Waals surface area contributed by atoms with Crippen LogP contribution >= 0.6 is 0 Å². The first-order valence-corrected chi connectivity index (χ1v) is 13.1. The summed E-state index contributed by atoms with van der Waals surface area (Å²) >= 11 is 0. The molecule has 182 valence electrons. The van der Waals surface area contributed by atoms with E-state index in [-0.39, 0.29) is 16.8 Å². The number of ether oxygens (including phenoxy) is 1. The first kappa shape index (κ1) is 24.2. The number of hydrogen-bond acceptors (Lipinski definition) is 5. The molecule has 3 aromatic rings. The van der Waals surface area contributed by atoms with Gasteiger partial charge in [-0.15, -0.1) is 0 Å². The molecule has 1 aliphatic rings. The van der Waals surface area contributed by atoms with E-state index in [0.717, 1.165) is 42.0 Å². The predicted octanol–water partition coefficient (Wildman–Crippen LogP) is 3.61. The topological polar surface area (TPSA) is 84.7 Å². The van der Waals surface area contributed by atoms with Crippen LogP contribution in [0.3, 0.4) is 0 Å². The van der Waals surface area contributed by atoms with Gasteiger partial charge in [0.1, 0.15) is 11.6 Å². The lowest BCUT2D eigenvalue weighted by Crippen LogP contribution is -2.30. The second-order valence-corrected chi connectivity index (χ2v) is 10.9. The first-order valence-electron chi connectivity index (χ1n) is 11.6. The van der Waals surface area contributed by atoms with Crippen LogP contribution in [0.1, 0.15) is 43.6 Å². The fourth-order valence-electron chi connectivity index (χ4n) is 4.67. The molecule has 0 unspecified atom stereocenters. The molecule has 1 amide bonds. The molecular formula is C25H32N4O4S. The van der Waals surface area contributed by atoms with Crippen molar-refractivity contribution < 1.29 is 17.9 Å². The summed E-state index contributed by atoms with van der Waals surface area (Å²) in [7, 11) is 1.13. The van der Waals surface area contributed by atoms with Gasteiger partial charge in [-0.25, -0.2) is 17.7 Å². The Morgan fingerprint density at radius 3 is 2.56 bits per heavy atom. The molecule has 34 heavy (non-hydrogen) atoms. The minimum atomic E-state index is -3.54. The van der Waals surface area contributed by atoms with E-state index >= 15 is 0 Å². The van der Waals surface area contributed by atoms with Crippen molar-refractivity contribution in [2.45, 2.75) is 50.1 Å². The Hall–Kier alpha value is -2.91. The number of aromatic nitrogens is 2. The molecular weight excluding hydrogens is 452 g/mol. The van der Waals surface area contributed by atoms with Crippen molar-refractivity contribution in [3.63, 3.8) is 0 Å². The molecule has 0 saturated carbocycles. The lowest BCUT2D eigenvalue weighted by Gasteiger charge is -2.25. The van der Waals surface area contributed by atoms with Crippen molar-refractivity contribution in [3.05, 3.63) is 53.9 Å². The summed E-state index contributed by atoms with van der Waals surface area (Å²) in [6.45, 7) is 3.47. The van der Waals surface area contributed by atoms with Crippen LogP contribution in [-0.2, 0) is 27.8 Å². The van der Waals surface area contributed by atoms with Crippen LogP contribution in [0.2, 0.25) is 0 Å². The highest BCUT2D eigenvalue weighted by molar-refractivity contribution is 7.89. The van der Waals surface area contributed by atoms with E-state index < -0.39 is 10.0 Å². The van der Waals surface area contributed by atoms with Gasteiger partial charge in [0.2, 0.25) is 15.9 Å². The predicted molar refractivity (Wildman–Crippen MR) is 131 cm³/mol. The van der Waals surface area contributed by atoms with Gasteiger partial charge in [0.05, 0.1) is 29.1 Å². The van der Waals surface area contributed by atoms with E-state index in [9.17, 15) is 13.2 Å². The molecule has 0 N–H and O–H groups in total. The second-order valence-electron chi connectivity index (χ2n) is 8.73. The van der Waals surface area contributed by atoms with Crippen molar-refractivity contribution in [1.82, 2.24) is 18.8 Å². The van der Waals surface area contributed by atoms with Crippen LogP contribution in [0.25, 0.3) is 11.0 Å². The van der Waals surface area contributed by atoms with Gasteiger partial charge in [0.15, 0.2) is 0 Å². The quantitative estimate of drug-likeness (QED) is 0.488. The number of imidazole rings is 1. The Balaban J connectivity index is 1.52. The summed E-state index contributed by atoms with van der Waals surface area (Å²) in [4.78, 5) is 20.1. The van der Waals surface area contributed by atoms with Gasteiger partial charge >= 0.3 is 0 Å². The third-order valence-electron chi connectivity index (χ3n) is 6.53. The molecule has 0 aliphatic carbocycles. The molecule has 1 aliphatic heterocycles. The molecule has 1 saturated heterocycles. The number of nitrogens with zero attached hydrogens (tertiary/aromatic N) is 4. The molecule has 2 aromatic carbocycles. The number of rotatable bonds is 8. The SMILES string of the molecule is CCn1c(CCC(=O)N2CCC[C@@H]2c2ccc(OC)cc2)nc2cc(S(=O)(=O)N(C)C)ccc21. The van der Waals surface area contributed by atoms with Crippen molar-refractivity contribution in [2.24, 2.45) is 0 Å². The molecule has 1 aromatic heterocycles. The van der Waals surface area contributed by atoms with Gasteiger partial charge in [-0.1, -0.05) is 12.1 Å². The minimum Gasteiger partial charge on any atom is -0.497 e. The number of methoxy groups -OCH3 is 1. The number of fused-ring (bicyclic) bond motifs is 1. The van der Waals surface area contributed by atoms with E-state index in [1.807, 2.05) is 36.1 Å². The summed E-state index contributed by atoms with van der Waals surface area (Å²) in [6.07, 6.45) is 2.80. The monoisotopic (exact) mass is 484 g/mol. The minimum absolute atomic E-state index is 0.0854. The Kier molecular flexibility index (Phi) is 6.95. The van der Waals surface area contributed by atoms with Gasteiger partial charge in [0, 0.05) is 40.0 Å². The van der Waals surface area contributed by atoms with Crippen LogP contribution < -0.4 is 4.74 Å². The number of sulfonamides is 1. The number of carbonyl (C=O) groups excluding carboxylic acids is 1. The smallest absolute Gasteiger partial charge is 0.242 e. The Morgan fingerprint density at radius 1 is 1.18 bits per heavy atom. The van der Waals surface area contributed by atoms with Gasteiger partial charge < -0.3 is 14.2 Å². The number of carbonyl (C=O) groups is 1. The second kappa shape index (κ2) is 9.76. The lowest BCUT2D eigenvalue weighted by molar-refractivity contribution is -0.132. The van der Waals surface area contributed by atoms with Gasteiger partial charge in [0.25, 0.3) is 0 Å². The highest BCUT2D eigenvalue weighted by atomic mass is 32.2. The van der Waals surface area contributed by atoms with Crippen molar-refractivity contribution in [1.29, 1.82) is 0 Å². The van der Waals surface area contributed by atoms with Crippen molar-refractivity contribution >= 4 is 27.0 Å². The van der Waals surface area contributed by atoms with Crippen LogP contribution in [0, 0.1) is 0 Å². The number of amides is 1. The molecule has 0 bridgehead atoms. The Morgan fingerprint density at radius 2 is 1.91 bits per heavy atom. The van der Waals surface area contributed by atoms with Gasteiger partial charge in [-0.05, 0) is 55.7 Å². The number of hydrogen-bond donors (Lipinski definition) is 0. The third-order valence-corrected chi connectivity index (χ3v) is 8.34. The molecule has 1 fully saturated rings. The molecule has 1 atom stereocenters. The van der Waals surface area contributed by atoms with Crippen LogP contribution in [-0.4, -0.2) is 60.8 Å². The zero-order valence-electron chi connectivity index (χ0n) is 20.2. The Bertz CT molecular complexity index is 1280. The first-order chi connectivity index (χ1) is 16.3. The average Bonchev–Trinajstić information content (AvgIpc) is 3.46. The zero-order chi connectivity index (χ0) is 24.5. The third kappa shape index (κ3) is 4.54. The maximum atomic E-state index is 13.2. The van der Waals surface area contributed by atoms with Crippen LogP contribution in [0.4, 0.5) is 0 Å². The summed E-state index contributed by atoms with van der Waals surface area (Å²) in [5, 5.41) is 0. The van der Waals surface area contributed by atoms with Gasteiger partial charge in [-0.3, -0.25) is 4.79 Å². The fourth-order valence-corrected chi connectivity index (χ4v) is 5.60. The highest BCUT2D eigenvalue weighted by Crippen LogP contribution is 2.33. The zero-order valence-corrected chi connectivity index (χ0v) is 21.0. The number of likely N-dealkylation sites (tertiary alicyclic amines) is 1. The van der Waals surface area contributed by atoms with Crippen LogP contribution in [0.15, 0.2) is 47.4 Å². The normalized spacial score (nSPS) is 16.5. The molecule has 2 heterocycles. The molecule has 0 radical (unpaired) electrons. The number of aryl methyl sites for hydroxylation is 2. The summed E-state index contributed by atoms with van der Waals surface area (Å²) < 4.78 is 33.5. The van der Waals surface area contributed by atoms with Crippen molar-refractivity contribution in [3.8, 4) is 5.75 Å². The lowest BCUT2D eigenvalue weighted by atomic mass is 10.0. The van der Waals surface area contributed by atoms with E-state index in [4.69, 9.17) is 9.72 Å². The van der Waals surface area contributed by atoms with E-state index in [1.165, 1.54) is 18.4 Å². The summed E-state index contributed by atoms with van der Waals surface area (Å²) in [5.74, 6) is 1.72. The summed E-state index contributed by atoms with van der Waals surface area (Å²) in [6, 6.07) is 13.0. The highest BCUT2D eigenvalue weighted by Gasteiger charge is 2.30. The van der Waals surface area contributed by atoms with Crippen LogP contribution in [0.5, 0.6) is 5.75 Å². The average molecular weight is 485 g/mol. The van der Waals surface area contributed by atoms with E-state index in [1.54, 1.807) is 25.3 Å². The maximum absolute atomic E-state index is 13.2. The summed E-state index contributed by atoms with van der Waals surface area (Å²) in [5.41, 5.74) is 2.63.